The van der Waals surface area contributed by atoms with Gasteiger partial charge in [-0.2, -0.15) is 0 Å². The van der Waals surface area contributed by atoms with Crippen molar-refractivity contribution in [2.75, 3.05) is 7.05 Å². The molecule has 0 fully saturated rings. The number of aromatic nitrogens is 2. The summed E-state index contributed by atoms with van der Waals surface area (Å²) in [7, 11) is 1.94. The quantitative estimate of drug-likeness (QED) is 0.746. The second-order valence-electron chi connectivity index (χ2n) is 3.14. The Labute approximate surface area is 77.4 Å². The Bertz CT molecular complexity index is 417. The second kappa shape index (κ2) is 3.18. The van der Waals surface area contributed by atoms with Crippen molar-refractivity contribution in [2.24, 2.45) is 0 Å². The maximum absolute atomic E-state index is 4.32. The average Bonchev–Trinajstić information content (AvgIpc) is 2.51. The molecule has 0 amide bonds. The lowest BCUT2D eigenvalue weighted by molar-refractivity contribution is 0.776. The number of imidazole rings is 1. The van der Waals surface area contributed by atoms with Crippen LogP contribution in [-0.2, 0) is 6.54 Å². The van der Waals surface area contributed by atoms with Gasteiger partial charge < -0.3 is 9.72 Å². The summed E-state index contributed by atoms with van der Waals surface area (Å²) in [6, 6.07) is 6.14. The van der Waals surface area contributed by atoms with Gasteiger partial charge in [-0.1, -0.05) is 6.07 Å². The van der Waals surface area contributed by atoms with E-state index in [9.17, 15) is 0 Å². The SMILES string of the molecule is CNCc1cnc2cccc(C)n12. The van der Waals surface area contributed by atoms with Crippen LogP contribution in [0.1, 0.15) is 11.4 Å². The van der Waals surface area contributed by atoms with E-state index in [2.05, 4.69) is 27.7 Å². The molecule has 13 heavy (non-hydrogen) atoms. The van der Waals surface area contributed by atoms with E-state index in [1.807, 2.05) is 25.4 Å². The zero-order valence-corrected chi connectivity index (χ0v) is 7.91. The number of nitrogens with zero attached hydrogens (tertiary/aromatic N) is 2. The Morgan fingerprint density at radius 1 is 1.46 bits per heavy atom. The summed E-state index contributed by atoms with van der Waals surface area (Å²) in [5.41, 5.74) is 3.45. The van der Waals surface area contributed by atoms with Gasteiger partial charge in [-0.15, -0.1) is 0 Å². The number of pyridine rings is 1. The van der Waals surface area contributed by atoms with Crippen molar-refractivity contribution < 1.29 is 0 Å². The van der Waals surface area contributed by atoms with Crippen molar-refractivity contribution >= 4 is 5.65 Å². The third-order valence-electron chi connectivity index (χ3n) is 2.16. The third-order valence-corrected chi connectivity index (χ3v) is 2.16. The summed E-state index contributed by atoms with van der Waals surface area (Å²) in [5, 5.41) is 3.13. The topological polar surface area (TPSA) is 29.3 Å². The molecule has 0 saturated carbocycles. The molecular formula is C10H13N3. The molecule has 68 valence electrons. The van der Waals surface area contributed by atoms with Crippen molar-refractivity contribution in [1.82, 2.24) is 14.7 Å². The second-order valence-corrected chi connectivity index (χ2v) is 3.14. The molecule has 0 aliphatic carbocycles. The number of fused-ring (bicyclic) bond motifs is 1. The fraction of sp³-hybridized carbons (Fsp3) is 0.300. The molecule has 3 nitrogen and oxygen atoms in total. The Hall–Kier alpha value is -1.35. The molecule has 0 atom stereocenters. The number of nitrogens with one attached hydrogen (secondary N) is 1. The molecule has 0 bridgehead atoms. The number of hydrogen-bond acceptors (Lipinski definition) is 2. The lowest BCUT2D eigenvalue weighted by Crippen LogP contribution is -2.08. The van der Waals surface area contributed by atoms with E-state index in [1.165, 1.54) is 11.4 Å². The summed E-state index contributed by atoms with van der Waals surface area (Å²) < 4.78 is 2.16. The highest BCUT2D eigenvalue weighted by Crippen LogP contribution is 2.09. The molecule has 0 aliphatic heterocycles. The minimum absolute atomic E-state index is 0.853. The average molecular weight is 175 g/mol. The van der Waals surface area contributed by atoms with Gasteiger partial charge in [-0.3, -0.25) is 0 Å². The van der Waals surface area contributed by atoms with Gasteiger partial charge in [-0.25, -0.2) is 4.98 Å². The van der Waals surface area contributed by atoms with Crippen molar-refractivity contribution in [2.45, 2.75) is 13.5 Å². The lowest BCUT2D eigenvalue weighted by atomic mass is 10.3. The van der Waals surface area contributed by atoms with Crippen LogP contribution in [0.25, 0.3) is 5.65 Å². The van der Waals surface area contributed by atoms with Gasteiger partial charge in [0.15, 0.2) is 0 Å². The van der Waals surface area contributed by atoms with Gasteiger partial charge in [0, 0.05) is 12.2 Å². The van der Waals surface area contributed by atoms with E-state index >= 15 is 0 Å². The van der Waals surface area contributed by atoms with Gasteiger partial charge in [0.1, 0.15) is 5.65 Å². The third kappa shape index (κ3) is 1.31. The highest BCUT2D eigenvalue weighted by molar-refractivity contribution is 5.42. The first kappa shape index (κ1) is 8.26. The van der Waals surface area contributed by atoms with Crippen molar-refractivity contribution in [3.8, 4) is 0 Å². The molecule has 0 aromatic carbocycles. The van der Waals surface area contributed by atoms with Crippen molar-refractivity contribution in [1.29, 1.82) is 0 Å². The number of hydrogen-bond donors (Lipinski definition) is 1. The van der Waals surface area contributed by atoms with Crippen LogP contribution in [0.2, 0.25) is 0 Å². The first-order valence-electron chi connectivity index (χ1n) is 4.39. The fourth-order valence-corrected chi connectivity index (χ4v) is 1.58. The van der Waals surface area contributed by atoms with Crippen LogP contribution in [0.4, 0.5) is 0 Å². The Kier molecular flexibility index (Phi) is 2.02. The number of rotatable bonds is 2. The highest BCUT2D eigenvalue weighted by atomic mass is 15.0. The molecule has 0 aliphatic rings. The summed E-state index contributed by atoms with van der Waals surface area (Å²) in [6.45, 7) is 2.94. The van der Waals surface area contributed by atoms with Gasteiger partial charge in [-0.05, 0) is 26.1 Å². The fourth-order valence-electron chi connectivity index (χ4n) is 1.58. The first-order chi connectivity index (χ1) is 6.33. The van der Waals surface area contributed by atoms with Crippen LogP contribution >= 0.6 is 0 Å². The van der Waals surface area contributed by atoms with Gasteiger partial charge >= 0.3 is 0 Å². The minimum atomic E-state index is 0.853. The molecule has 0 radical (unpaired) electrons. The normalized spacial score (nSPS) is 10.9. The molecular weight excluding hydrogens is 162 g/mol. The van der Waals surface area contributed by atoms with Crippen LogP contribution < -0.4 is 5.32 Å². The summed E-state index contributed by atoms with van der Waals surface area (Å²) in [5.74, 6) is 0. The Morgan fingerprint density at radius 3 is 3.08 bits per heavy atom. The zero-order valence-electron chi connectivity index (χ0n) is 7.91. The smallest absolute Gasteiger partial charge is 0.137 e. The van der Waals surface area contributed by atoms with E-state index < -0.39 is 0 Å². The highest BCUT2D eigenvalue weighted by Gasteiger charge is 2.02. The molecule has 2 aromatic rings. The van der Waals surface area contributed by atoms with E-state index in [4.69, 9.17) is 0 Å². The predicted molar refractivity (Wildman–Crippen MR) is 52.7 cm³/mol. The molecule has 0 unspecified atom stereocenters. The van der Waals surface area contributed by atoms with Crippen molar-refractivity contribution in [3.05, 3.63) is 35.8 Å². The van der Waals surface area contributed by atoms with Gasteiger partial charge in [0.05, 0.1) is 11.9 Å². The van der Waals surface area contributed by atoms with Crippen LogP contribution in [0, 0.1) is 6.92 Å². The monoisotopic (exact) mass is 175 g/mol. The zero-order chi connectivity index (χ0) is 9.26. The Morgan fingerprint density at radius 2 is 2.31 bits per heavy atom. The Balaban J connectivity index is 2.64. The van der Waals surface area contributed by atoms with E-state index in [0.717, 1.165) is 12.2 Å². The predicted octanol–water partition coefficient (Wildman–Crippen LogP) is 1.36. The van der Waals surface area contributed by atoms with E-state index in [1.54, 1.807) is 0 Å². The van der Waals surface area contributed by atoms with Crippen LogP contribution in [0.15, 0.2) is 24.4 Å². The molecule has 3 heteroatoms. The maximum Gasteiger partial charge on any atom is 0.137 e. The summed E-state index contributed by atoms with van der Waals surface area (Å²) in [4.78, 5) is 4.32. The lowest BCUT2D eigenvalue weighted by Gasteiger charge is -2.03. The van der Waals surface area contributed by atoms with Crippen LogP contribution in [0.3, 0.4) is 0 Å². The molecule has 0 spiro atoms. The first-order valence-corrected chi connectivity index (χ1v) is 4.39. The van der Waals surface area contributed by atoms with Gasteiger partial charge in [0.2, 0.25) is 0 Å². The summed E-state index contributed by atoms with van der Waals surface area (Å²) >= 11 is 0. The summed E-state index contributed by atoms with van der Waals surface area (Å²) in [6.07, 6.45) is 1.92. The standard InChI is InChI=1S/C10H13N3/c1-8-4-3-5-10-12-7-9(6-11-2)13(8)10/h3-5,7,11H,6H2,1-2H3. The molecule has 0 saturated heterocycles. The molecule has 2 heterocycles. The maximum atomic E-state index is 4.32. The largest absolute Gasteiger partial charge is 0.314 e. The van der Waals surface area contributed by atoms with E-state index in [-0.39, 0.29) is 0 Å². The molecule has 2 aromatic heterocycles. The molecule has 2 rings (SSSR count). The van der Waals surface area contributed by atoms with E-state index in [0.29, 0.717) is 0 Å². The van der Waals surface area contributed by atoms with Crippen LogP contribution in [0.5, 0.6) is 0 Å². The van der Waals surface area contributed by atoms with Crippen LogP contribution in [-0.4, -0.2) is 16.4 Å². The van der Waals surface area contributed by atoms with Crippen molar-refractivity contribution in [3.63, 3.8) is 0 Å². The minimum Gasteiger partial charge on any atom is -0.314 e. The number of aryl methyl sites for hydroxylation is 1. The van der Waals surface area contributed by atoms with Gasteiger partial charge in [0.25, 0.3) is 0 Å². The molecule has 1 N–H and O–H groups in total.